The van der Waals surface area contributed by atoms with Gasteiger partial charge in [0.05, 0.1) is 18.8 Å². The van der Waals surface area contributed by atoms with E-state index in [9.17, 15) is 5.11 Å². The molecule has 0 aromatic carbocycles. The molecule has 1 N–H and O–H groups in total. The Balaban J connectivity index is 1.78. The molecular weight excluding hydrogens is 216 g/mol. The number of rotatable bonds is 3. The van der Waals surface area contributed by atoms with Crippen molar-refractivity contribution in [3.8, 4) is 0 Å². The molecule has 0 saturated carbocycles. The van der Waals surface area contributed by atoms with E-state index >= 15 is 0 Å². The molecule has 2 saturated heterocycles. The summed E-state index contributed by atoms with van der Waals surface area (Å²) in [6.45, 7) is 10.3. The maximum atomic E-state index is 9.66. The number of piperidine rings is 1. The van der Waals surface area contributed by atoms with Gasteiger partial charge in [-0.25, -0.2) is 0 Å². The highest BCUT2D eigenvalue weighted by Gasteiger charge is 2.26. The first-order chi connectivity index (χ1) is 8.15. The third-order valence-corrected chi connectivity index (χ3v) is 3.84. The van der Waals surface area contributed by atoms with Crippen molar-refractivity contribution in [3.63, 3.8) is 0 Å². The molecule has 0 bridgehead atoms. The highest BCUT2D eigenvalue weighted by atomic mass is 16.5. The van der Waals surface area contributed by atoms with Crippen LogP contribution in [0.25, 0.3) is 0 Å². The second-order valence-electron chi connectivity index (χ2n) is 5.64. The summed E-state index contributed by atoms with van der Waals surface area (Å²) in [6, 6.07) is 0.605. The third-order valence-electron chi connectivity index (χ3n) is 3.84. The Kier molecular flexibility index (Phi) is 4.79. The summed E-state index contributed by atoms with van der Waals surface area (Å²) in [5.74, 6) is 0. The van der Waals surface area contributed by atoms with E-state index in [1.165, 1.54) is 0 Å². The molecule has 2 aliphatic rings. The Morgan fingerprint density at radius 3 is 2.82 bits per heavy atom. The molecule has 0 aromatic rings. The van der Waals surface area contributed by atoms with Crippen molar-refractivity contribution in [1.29, 1.82) is 0 Å². The van der Waals surface area contributed by atoms with E-state index in [1.807, 2.05) is 0 Å². The van der Waals surface area contributed by atoms with E-state index in [1.54, 1.807) is 0 Å². The Hall–Kier alpha value is -0.160. The van der Waals surface area contributed by atoms with Gasteiger partial charge in [0.2, 0.25) is 0 Å². The lowest BCUT2D eigenvalue weighted by Crippen LogP contribution is -2.51. The van der Waals surface area contributed by atoms with Gasteiger partial charge >= 0.3 is 0 Å². The minimum absolute atomic E-state index is 0.131. The second kappa shape index (κ2) is 6.14. The minimum Gasteiger partial charge on any atom is -0.392 e. The molecular formula is C13H26N2O2. The number of nitrogens with zero attached hydrogens (tertiary/aromatic N) is 2. The molecule has 2 rings (SSSR count). The van der Waals surface area contributed by atoms with Gasteiger partial charge in [-0.2, -0.15) is 0 Å². The fourth-order valence-electron chi connectivity index (χ4n) is 2.81. The summed E-state index contributed by atoms with van der Waals surface area (Å²) in [5, 5.41) is 9.66. The number of hydrogen-bond acceptors (Lipinski definition) is 4. The molecule has 2 fully saturated rings. The standard InChI is InChI=1S/C13H26N2O2/c1-11(2)15-6-7-17-13(10-15)9-14-5-3-4-12(16)8-14/h11-13,16H,3-10H2,1-2H3/t12-,13?/m0/s1. The van der Waals surface area contributed by atoms with E-state index < -0.39 is 0 Å². The maximum Gasteiger partial charge on any atom is 0.0829 e. The molecule has 1 unspecified atom stereocenters. The fraction of sp³-hybridized carbons (Fsp3) is 1.00. The second-order valence-corrected chi connectivity index (χ2v) is 5.64. The number of likely N-dealkylation sites (tertiary alicyclic amines) is 1. The summed E-state index contributed by atoms with van der Waals surface area (Å²) in [7, 11) is 0. The molecule has 2 heterocycles. The van der Waals surface area contributed by atoms with Crippen molar-refractivity contribution < 1.29 is 9.84 Å². The van der Waals surface area contributed by atoms with Crippen LogP contribution in [0.5, 0.6) is 0 Å². The summed E-state index contributed by atoms with van der Waals surface area (Å²) in [6.07, 6.45) is 2.26. The van der Waals surface area contributed by atoms with Crippen LogP contribution in [0.3, 0.4) is 0 Å². The Labute approximate surface area is 105 Å². The SMILES string of the molecule is CC(C)N1CCOC(CN2CCC[C@H](O)C2)C1. The van der Waals surface area contributed by atoms with Gasteiger partial charge in [-0.05, 0) is 33.2 Å². The summed E-state index contributed by atoms with van der Waals surface area (Å²) in [5.41, 5.74) is 0. The Morgan fingerprint density at radius 2 is 2.12 bits per heavy atom. The largest absolute Gasteiger partial charge is 0.392 e. The smallest absolute Gasteiger partial charge is 0.0829 e. The Morgan fingerprint density at radius 1 is 1.29 bits per heavy atom. The monoisotopic (exact) mass is 242 g/mol. The van der Waals surface area contributed by atoms with Crippen molar-refractivity contribution in [2.24, 2.45) is 0 Å². The number of ether oxygens (including phenoxy) is 1. The van der Waals surface area contributed by atoms with Crippen molar-refractivity contribution >= 4 is 0 Å². The molecule has 0 aromatic heterocycles. The first-order valence-electron chi connectivity index (χ1n) is 6.91. The van der Waals surface area contributed by atoms with Crippen LogP contribution in [0.4, 0.5) is 0 Å². The molecule has 2 aliphatic heterocycles. The summed E-state index contributed by atoms with van der Waals surface area (Å²) < 4.78 is 5.83. The zero-order chi connectivity index (χ0) is 12.3. The highest BCUT2D eigenvalue weighted by Crippen LogP contribution is 2.14. The van der Waals surface area contributed by atoms with Gasteiger partial charge in [-0.1, -0.05) is 0 Å². The maximum absolute atomic E-state index is 9.66. The van der Waals surface area contributed by atoms with Gasteiger partial charge in [0.15, 0.2) is 0 Å². The molecule has 4 heteroatoms. The van der Waals surface area contributed by atoms with Gasteiger partial charge in [0, 0.05) is 32.2 Å². The predicted octanol–water partition coefficient (Wildman–Crippen LogP) is 0.552. The molecule has 4 nitrogen and oxygen atoms in total. The number of aliphatic hydroxyl groups excluding tert-OH is 1. The van der Waals surface area contributed by atoms with Gasteiger partial charge < -0.3 is 9.84 Å². The van der Waals surface area contributed by atoms with Crippen LogP contribution >= 0.6 is 0 Å². The van der Waals surface area contributed by atoms with Gasteiger partial charge in [-0.3, -0.25) is 9.80 Å². The van der Waals surface area contributed by atoms with Crippen molar-refractivity contribution in [2.75, 3.05) is 39.3 Å². The average Bonchev–Trinajstić information content (AvgIpc) is 2.29. The van der Waals surface area contributed by atoms with Crippen LogP contribution in [0.15, 0.2) is 0 Å². The lowest BCUT2D eigenvalue weighted by atomic mass is 10.1. The van der Waals surface area contributed by atoms with E-state index in [0.717, 1.165) is 52.2 Å². The molecule has 100 valence electrons. The molecule has 17 heavy (non-hydrogen) atoms. The van der Waals surface area contributed by atoms with Gasteiger partial charge in [-0.15, -0.1) is 0 Å². The van der Waals surface area contributed by atoms with Crippen LogP contribution in [-0.4, -0.2) is 72.5 Å². The average molecular weight is 242 g/mol. The number of aliphatic hydroxyl groups is 1. The molecule has 2 atom stereocenters. The normalized spacial score (nSPS) is 33.2. The van der Waals surface area contributed by atoms with Gasteiger partial charge in [0.25, 0.3) is 0 Å². The van der Waals surface area contributed by atoms with Crippen LogP contribution in [0.1, 0.15) is 26.7 Å². The number of morpholine rings is 1. The molecule has 0 amide bonds. The molecule has 0 spiro atoms. The summed E-state index contributed by atoms with van der Waals surface area (Å²) in [4.78, 5) is 4.83. The van der Waals surface area contributed by atoms with Crippen LogP contribution in [0, 0.1) is 0 Å². The first-order valence-corrected chi connectivity index (χ1v) is 6.91. The quantitative estimate of drug-likeness (QED) is 0.784. The van der Waals surface area contributed by atoms with Crippen molar-refractivity contribution in [1.82, 2.24) is 9.80 Å². The lowest BCUT2D eigenvalue weighted by molar-refractivity contribution is -0.0599. The van der Waals surface area contributed by atoms with Crippen LogP contribution in [0.2, 0.25) is 0 Å². The molecule has 0 radical (unpaired) electrons. The zero-order valence-electron chi connectivity index (χ0n) is 11.1. The zero-order valence-corrected chi connectivity index (χ0v) is 11.1. The van der Waals surface area contributed by atoms with Crippen LogP contribution in [-0.2, 0) is 4.74 Å². The van der Waals surface area contributed by atoms with Crippen molar-refractivity contribution in [3.05, 3.63) is 0 Å². The number of β-amino-alcohol motifs (C(OH)–C–C–N with tert-alkyl or cyclic N) is 1. The lowest BCUT2D eigenvalue weighted by Gasteiger charge is -2.39. The number of hydrogen-bond donors (Lipinski definition) is 1. The van der Waals surface area contributed by atoms with Crippen LogP contribution < -0.4 is 0 Å². The Bertz CT molecular complexity index is 235. The topological polar surface area (TPSA) is 35.9 Å². The van der Waals surface area contributed by atoms with E-state index in [2.05, 4.69) is 23.6 Å². The van der Waals surface area contributed by atoms with Crippen molar-refractivity contribution in [2.45, 2.75) is 44.9 Å². The van der Waals surface area contributed by atoms with E-state index in [-0.39, 0.29) is 6.10 Å². The third kappa shape index (κ3) is 3.91. The van der Waals surface area contributed by atoms with E-state index in [4.69, 9.17) is 4.74 Å². The first kappa shape index (κ1) is 13.3. The minimum atomic E-state index is -0.131. The van der Waals surface area contributed by atoms with E-state index in [0.29, 0.717) is 12.1 Å². The highest BCUT2D eigenvalue weighted by molar-refractivity contribution is 4.79. The summed E-state index contributed by atoms with van der Waals surface area (Å²) >= 11 is 0. The fourth-order valence-corrected chi connectivity index (χ4v) is 2.81. The molecule has 0 aliphatic carbocycles. The van der Waals surface area contributed by atoms with Gasteiger partial charge in [0.1, 0.15) is 0 Å². The predicted molar refractivity (Wildman–Crippen MR) is 68.1 cm³/mol.